The summed E-state index contributed by atoms with van der Waals surface area (Å²) in [6.45, 7) is 0.172. The van der Waals surface area contributed by atoms with Crippen molar-refractivity contribution in [2.45, 2.75) is 6.54 Å². The zero-order valence-corrected chi connectivity index (χ0v) is 9.30. The number of aromatic nitrogens is 2. The van der Waals surface area contributed by atoms with Crippen LogP contribution in [0, 0.1) is 11.8 Å². The van der Waals surface area contributed by atoms with Gasteiger partial charge in [0.15, 0.2) is 5.82 Å². The van der Waals surface area contributed by atoms with E-state index in [2.05, 4.69) is 15.3 Å². The van der Waals surface area contributed by atoms with E-state index in [0.29, 0.717) is 5.69 Å². The van der Waals surface area contributed by atoms with E-state index in [1.54, 1.807) is 10.9 Å². The molecule has 2 aromatic heterocycles. The molecule has 2 rings (SSSR count). The van der Waals surface area contributed by atoms with Crippen LogP contribution in [0.15, 0.2) is 23.2 Å². The minimum absolute atomic E-state index is 0.172. The fraction of sp³-hybridized carbons (Fsp3) is 0.100. The van der Waals surface area contributed by atoms with E-state index in [1.165, 1.54) is 11.3 Å². The highest BCUT2D eigenvalue weighted by Crippen LogP contribution is 2.09. The van der Waals surface area contributed by atoms with Gasteiger partial charge in [0, 0.05) is 11.6 Å². The molecule has 1 N–H and O–H groups in total. The monoisotopic (exact) mass is 255 g/mol. The number of carbonyl (C=O) groups is 1. The first-order valence-electron chi connectivity index (χ1n) is 4.63. The molecule has 0 saturated heterocycles. The number of pyridine rings is 1. The maximum Gasteiger partial charge on any atom is 0.254 e. The van der Waals surface area contributed by atoms with E-state index in [0.717, 1.165) is 12.3 Å². The van der Waals surface area contributed by atoms with Crippen molar-refractivity contribution < 1.29 is 13.6 Å². The molecular formula is C10H7F2N3OS. The fourth-order valence-corrected chi connectivity index (χ4v) is 1.74. The number of amides is 1. The minimum Gasteiger partial charge on any atom is -0.346 e. The summed E-state index contributed by atoms with van der Waals surface area (Å²) in [6.07, 6.45) is 1.04. The first-order valence-corrected chi connectivity index (χ1v) is 5.58. The Morgan fingerprint density at radius 3 is 2.94 bits per heavy atom. The Kier molecular flexibility index (Phi) is 3.38. The molecule has 0 unspecified atom stereocenters. The van der Waals surface area contributed by atoms with Gasteiger partial charge in [-0.25, -0.2) is 14.4 Å². The van der Waals surface area contributed by atoms with Gasteiger partial charge in [0.25, 0.3) is 5.91 Å². The van der Waals surface area contributed by atoms with Crippen LogP contribution in [0.5, 0.6) is 0 Å². The quantitative estimate of drug-likeness (QED) is 0.850. The molecule has 0 fully saturated rings. The summed E-state index contributed by atoms with van der Waals surface area (Å²) < 4.78 is 26.0. The molecule has 0 radical (unpaired) electrons. The van der Waals surface area contributed by atoms with E-state index in [4.69, 9.17) is 0 Å². The topological polar surface area (TPSA) is 54.9 Å². The Morgan fingerprint density at radius 2 is 2.24 bits per heavy atom. The number of thiazole rings is 1. The van der Waals surface area contributed by atoms with E-state index >= 15 is 0 Å². The lowest BCUT2D eigenvalue weighted by Crippen LogP contribution is -2.24. The van der Waals surface area contributed by atoms with Crippen LogP contribution in [0.2, 0.25) is 0 Å². The molecule has 0 aliphatic rings. The van der Waals surface area contributed by atoms with Crippen molar-refractivity contribution in [3.63, 3.8) is 0 Å². The van der Waals surface area contributed by atoms with Crippen LogP contribution in [0.4, 0.5) is 8.78 Å². The van der Waals surface area contributed by atoms with Crippen molar-refractivity contribution in [2.75, 3.05) is 0 Å². The Labute approximate surface area is 99.3 Å². The summed E-state index contributed by atoms with van der Waals surface area (Å²) in [6, 6.07) is 1.12. The van der Waals surface area contributed by atoms with Crippen LogP contribution in [0.1, 0.15) is 16.1 Å². The molecular weight excluding hydrogens is 248 g/mol. The van der Waals surface area contributed by atoms with Gasteiger partial charge < -0.3 is 5.32 Å². The van der Waals surface area contributed by atoms with Crippen molar-refractivity contribution in [1.82, 2.24) is 15.3 Å². The molecule has 2 aromatic rings. The van der Waals surface area contributed by atoms with Gasteiger partial charge in [-0.2, -0.15) is 4.39 Å². The molecule has 0 aliphatic carbocycles. The Balaban J connectivity index is 2.07. The lowest BCUT2D eigenvalue weighted by Gasteiger charge is -2.04. The summed E-state index contributed by atoms with van der Waals surface area (Å²) in [5.41, 5.74) is 1.92. The number of hydrogen-bond donors (Lipinski definition) is 1. The highest BCUT2D eigenvalue weighted by molar-refractivity contribution is 7.07. The first kappa shape index (κ1) is 11.6. The summed E-state index contributed by atoms with van der Waals surface area (Å²) >= 11 is 1.39. The van der Waals surface area contributed by atoms with Gasteiger partial charge in [-0.15, -0.1) is 11.3 Å². The molecule has 1 amide bonds. The van der Waals surface area contributed by atoms with Gasteiger partial charge in [-0.1, -0.05) is 0 Å². The molecule has 88 valence electrons. The van der Waals surface area contributed by atoms with Crippen LogP contribution >= 0.6 is 11.3 Å². The van der Waals surface area contributed by atoms with Crippen LogP contribution in [-0.2, 0) is 6.54 Å². The zero-order valence-electron chi connectivity index (χ0n) is 8.48. The molecule has 7 heteroatoms. The third-order valence-corrected chi connectivity index (χ3v) is 2.64. The lowest BCUT2D eigenvalue weighted by atomic mass is 10.2. The minimum atomic E-state index is -1.29. The van der Waals surface area contributed by atoms with Crippen LogP contribution in [0.25, 0.3) is 0 Å². The number of carbonyl (C=O) groups excluding carboxylic acids is 1. The maximum atomic E-state index is 13.2. The van der Waals surface area contributed by atoms with Crippen LogP contribution < -0.4 is 5.32 Å². The molecule has 0 atom stereocenters. The van der Waals surface area contributed by atoms with E-state index in [1.807, 2.05) is 0 Å². The van der Waals surface area contributed by atoms with Crippen LogP contribution in [-0.4, -0.2) is 15.9 Å². The van der Waals surface area contributed by atoms with Gasteiger partial charge in [-0.3, -0.25) is 4.79 Å². The van der Waals surface area contributed by atoms with Gasteiger partial charge >= 0.3 is 0 Å². The molecule has 0 bridgehead atoms. The first-order chi connectivity index (χ1) is 8.18. The Bertz CT molecular complexity index is 530. The average Bonchev–Trinajstić information content (AvgIpc) is 2.82. The van der Waals surface area contributed by atoms with Gasteiger partial charge in [0.2, 0.25) is 5.95 Å². The molecule has 2 heterocycles. The predicted molar refractivity (Wildman–Crippen MR) is 57.4 cm³/mol. The normalized spacial score (nSPS) is 10.2. The Morgan fingerprint density at radius 1 is 1.41 bits per heavy atom. The second kappa shape index (κ2) is 4.96. The number of halogens is 2. The zero-order chi connectivity index (χ0) is 12.3. The standard InChI is InChI=1S/C10H7F2N3OS/c11-8-7(1-2-13-9(8)12)10(16)14-3-6-4-17-5-15-6/h1-2,4-5H,3H2,(H,14,16). The largest absolute Gasteiger partial charge is 0.346 e. The molecule has 0 aliphatic heterocycles. The molecule has 17 heavy (non-hydrogen) atoms. The van der Waals surface area contributed by atoms with Crippen LogP contribution in [0.3, 0.4) is 0 Å². The van der Waals surface area contributed by atoms with E-state index in [-0.39, 0.29) is 12.1 Å². The van der Waals surface area contributed by atoms with Gasteiger partial charge in [0.1, 0.15) is 0 Å². The van der Waals surface area contributed by atoms with Crippen molar-refractivity contribution in [2.24, 2.45) is 0 Å². The highest BCUT2D eigenvalue weighted by Gasteiger charge is 2.15. The van der Waals surface area contributed by atoms with Gasteiger partial charge in [0.05, 0.1) is 23.3 Å². The SMILES string of the molecule is O=C(NCc1cscn1)c1ccnc(F)c1F. The molecule has 4 nitrogen and oxygen atoms in total. The summed E-state index contributed by atoms with van der Waals surface area (Å²) in [5, 5.41) is 4.19. The lowest BCUT2D eigenvalue weighted by molar-refractivity contribution is 0.0945. The third-order valence-electron chi connectivity index (χ3n) is 2.00. The highest BCUT2D eigenvalue weighted by atomic mass is 32.1. The smallest absolute Gasteiger partial charge is 0.254 e. The second-order valence-corrected chi connectivity index (χ2v) is 3.84. The average molecular weight is 255 g/mol. The van der Waals surface area contributed by atoms with Crippen molar-refractivity contribution in [3.05, 3.63) is 46.2 Å². The molecule has 0 spiro atoms. The summed E-state index contributed by atoms with van der Waals surface area (Å²) in [4.78, 5) is 18.6. The summed E-state index contributed by atoms with van der Waals surface area (Å²) in [5.74, 6) is -3.23. The number of nitrogens with one attached hydrogen (secondary N) is 1. The van der Waals surface area contributed by atoms with Crippen molar-refractivity contribution >= 4 is 17.2 Å². The maximum absolute atomic E-state index is 13.2. The summed E-state index contributed by atoms with van der Waals surface area (Å²) in [7, 11) is 0. The Hall–Kier alpha value is -1.89. The van der Waals surface area contributed by atoms with E-state index < -0.39 is 17.7 Å². The van der Waals surface area contributed by atoms with E-state index in [9.17, 15) is 13.6 Å². The van der Waals surface area contributed by atoms with Gasteiger partial charge in [-0.05, 0) is 6.07 Å². The van der Waals surface area contributed by atoms with Crippen molar-refractivity contribution in [1.29, 1.82) is 0 Å². The molecule has 0 saturated carbocycles. The number of hydrogen-bond acceptors (Lipinski definition) is 4. The number of rotatable bonds is 3. The van der Waals surface area contributed by atoms with Crippen molar-refractivity contribution in [3.8, 4) is 0 Å². The number of nitrogens with zero attached hydrogens (tertiary/aromatic N) is 2. The third kappa shape index (κ3) is 2.62. The second-order valence-electron chi connectivity index (χ2n) is 3.13. The fourth-order valence-electron chi connectivity index (χ4n) is 1.18. The molecule has 0 aromatic carbocycles. The predicted octanol–water partition coefficient (Wildman–Crippen LogP) is 1.75.